The van der Waals surface area contributed by atoms with Gasteiger partial charge < -0.3 is 15.2 Å². The number of aromatic amines is 1. The van der Waals surface area contributed by atoms with Crippen LogP contribution in [0, 0.1) is 0 Å². The van der Waals surface area contributed by atoms with E-state index in [1.807, 2.05) is 0 Å². The summed E-state index contributed by atoms with van der Waals surface area (Å²) < 4.78 is 0. The van der Waals surface area contributed by atoms with E-state index in [4.69, 9.17) is 0 Å². The van der Waals surface area contributed by atoms with E-state index in [0.717, 1.165) is 36.8 Å². The largest absolute Gasteiger partial charge is 0.355 e. The molecule has 1 unspecified atom stereocenters. The zero-order valence-electron chi connectivity index (χ0n) is 11.9. The number of hydrogen-bond donors (Lipinski definition) is 2. The minimum atomic E-state index is -0.0409. The molecule has 0 aliphatic carbocycles. The average molecular weight is 286 g/mol. The Balaban J connectivity index is 1.62. The summed E-state index contributed by atoms with van der Waals surface area (Å²) in [4.78, 5) is 29.3. The highest BCUT2D eigenvalue weighted by molar-refractivity contribution is 5.72. The van der Waals surface area contributed by atoms with Crippen molar-refractivity contribution in [2.24, 2.45) is 0 Å². The van der Waals surface area contributed by atoms with Crippen molar-refractivity contribution in [1.29, 1.82) is 0 Å². The van der Waals surface area contributed by atoms with Gasteiger partial charge in [0.05, 0.1) is 24.6 Å². The summed E-state index contributed by atoms with van der Waals surface area (Å²) in [6.07, 6.45) is 7.99. The van der Waals surface area contributed by atoms with E-state index in [9.17, 15) is 4.79 Å². The minimum absolute atomic E-state index is 0.0409. The Morgan fingerprint density at radius 1 is 1.43 bits per heavy atom. The molecule has 2 aromatic rings. The van der Waals surface area contributed by atoms with Gasteiger partial charge in [-0.25, -0.2) is 9.97 Å². The lowest BCUT2D eigenvalue weighted by atomic mass is 10.1. The van der Waals surface area contributed by atoms with Crippen LogP contribution >= 0.6 is 0 Å². The third kappa shape index (κ3) is 3.18. The van der Waals surface area contributed by atoms with Crippen LogP contribution in [-0.4, -0.2) is 38.9 Å². The molecule has 3 heterocycles. The smallest absolute Gasteiger partial charge is 0.217 e. The summed E-state index contributed by atoms with van der Waals surface area (Å²) in [5.41, 5.74) is 0.929. The van der Waals surface area contributed by atoms with Gasteiger partial charge in [0.1, 0.15) is 11.6 Å². The number of amides is 1. The van der Waals surface area contributed by atoms with E-state index in [2.05, 4.69) is 30.2 Å². The monoisotopic (exact) mass is 286 g/mol. The van der Waals surface area contributed by atoms with Crippen LogP contribution in [0.4, 0.5) is 5.82 Å². The number of aromatic nitrogens is 4. The van der Waals surface area contributed by atoms with Gasteiger partial charge in [-0.2, -0.15) is 0 Å². The molecule has 0 saturated carbocycles. The third-order valence-corrected chi connectivity index (χ3v) is 3.62. The second-order valence-electron chi connectivity index (χ2n) is 5.20. The van der Waals surface area contributed by atoms with Gasteiger partial charge in [0.25, 0.3) is 0 Å². The number of hydrogen-bond acceptors (Lipinski definition) is 5. The molecule has 1 saturated heterocycles. The fourth-order valence-electron chi connectivity index (χ4n) is 2.54. The van der Waals surface area contributed by atoms with E-state index in [1.165, 1.54) is 6.92 Å². The zero-order chi connectivity index (χ0) is 14.7. The summed E-state index contributed by atoms with van der Waals surface area (Å²) >= 11 is 0. The maximum Gasteiger partial charge on any atom is 0.217 e. The number of carbonyl (C=O) groups is 1. The molecule has 7 heteroatoms. The summed E-state index contributed by atoms with van der Waals surface area (Å²) in [7, 11) is 0. The fourth-order valence-corrected chi connectivity index (χ4v) is 2.54. The topological polar surface area (TPSA) is 86.8 Å². The first kappa shape index (κ1) is 13.5. The first-order valence-electron chi connectivity index (χ1n) is 7.01. The van der Waals surface area contributed by atoms with Crippen molar-refractivity contribution in [3.8, 4) is 0 Å². The lowest BCUT2D eigenvalue weighted by Gasteiger charge is -2.15. The van der Waals surface area contributed by atoms with Gasteiger partial charge >= 0.3 is 0 Å². The van der Waals surface area contributed by atoms with Crippen LogP contribution in [0.5, 0.6) is 0 Å². The highest BCUT2D eigenvalue weighted by Crippen LogP contribution is 2.27. The van der Waals surface area contributed by atoms with Crippen LogP contribution in [-0.2, 0) is 11.3 Å². The molecule has 21 heavy (non-hydrogen) atoms. The SMILES string of the molecule is CC(=O)NCc1cnc(C2CCN(c3cnccn3)C2)[nH]1. The van der Waals surface area contributed by atoms with Gasteiger partial charge in [-0.3, -0.25) is 9.78 Å². The second-order valence-corrected chi connectivity index (χ2v) is 5.20. The lowest BCUT2D eigenvalue weighted by Crippen LogP contribution is -2.20. The van der Waals surface area contributed by atoms with Crippen LogP contribution in [0.25, 0.3) is 0 Å². The summed E-state index contributed by atoms with van der Waals surface area (Å²) in [5, 5.41) is 2.76. The van der Waals surface area contributed by atoms with Crippen molar-refractivity contribution in [2.45, 2.75) is 25.8 Å². The Hall–Kier alpha value is -2.44. The number of imidazole rings is 1. The molecule has 7 nitrogen and oxygen atoms in total. The van der Waals surface area contributed by atoms with E-state index >= 15 is 0 Å². The normalized spacial score (nSPS) is 18.0. The Morgan fingerprint density at radius 3 is 3.10 bits per heavy atom. The van der Waals surface area contributed by atoms with E-state index < -0.39 is 0 Å². The third-order valence-electron chi connectivity index (χ3n) is 3.62. The molecule has 3 rings (SSSR count). The van der Waals surface area contributed by atoms with Crippen LogP contribution in [0.15, 0.2) is 24.8 Å². The number of anilines is 1. The number of H-pyrrole nitrogens is 1. The Labute approximate surface area is 122 Å². The molecule has 0 aromatic carbocycles. The van der Waals surface area contributed by atoms with Crippen molar-refractivity contribution in [2.75, 3.05) is 18.0 Å². The summed E-state index contributed by atoms with van der Waals surface area (Å²) in [6, 6.07) is 0. The summed E-state index contributed by atoms with van der Waals surface area (Å²) in [5.74, 6) is 2.20. The fraction of sp³-hybridized carbons (Fsp3) is 0.429. The van der Waals surface area contributed by atoms with Crippen LogP contribution in [0.2, 0.25) is 0 Å². The van der Waals surface area contributed by atoms with Gasteiger partial charge in [-0.15, -0.1) is 0 Å². The first-order valence-corrected chi connectivity index (χ1v) is 7.01. The lowest BCUT2D eigenvalue weighted by molar-refractivity contribution is -0.119. The molecule has 0 radical (unpaired) electrons. The maximum atomic E-state index is 10.9. The maximum absolute atomic E-state index is 10.9. The van der Waals surface area contributed by atoms with Crippen LogP contribution in [0.1, 0.15) is 30.8 Å². The molecule has 0 bridgehead atoms. The highest BCUT2D eigenvalue weighted by Gasteiger charge is 2.26. The Bertz CT molecular complexity index is 611. The van der Waals surface area contributed by atoms with Gasteiger partial charge in [0, 0.05) is 38.3 Å². The molecule has 1 aliphatic rings. The summed E-state index contributed by atoms with van der Waals surface area (Å²) in [6.45, 7) is 3.83. The second kappa shape index (κ2) is 5.90. The number of rotatable bonds is 4. The van der Waals surface area contributed by atoms with Gasteiger partial charge in [0.2, 0.25) is 5.91 Å². The first-order chi connectivity index (χ1) is 10.2. The van der Waals surface area contributed by atoms with Gasteiger partial charge in [-0.05, 0) is 6.42 Å². The predicted octanol–water partition coefficient (Wildman–Crippen LogP) is 0.830. The molecule has 2 aromatic heterocycles. The van der Waals surface area contributed by atoms with Crippen molar-refractivity contribution in [3.05, 3.63) is 36.3 Å². The molecular weight excluding hydrogens is 268 g/mol. The van der Waals surface area contributed by atoms with Crippen molar-refractivity contribution < 1.29 is 4.79 Å². The number of nitrogens with zero attached hydrogens (tertiary/aromatic N) is 4. The van der Waals surface area contributed by atoms with Crippen molar-refractivity contribution in [3.63, 3.8) is 0 Å². The van der Waals surface area contributed by atoms with Gasteiger partial charge in [0.15, 0.2) is 0 Å². The van der Waals surface area contributed by atoms with E-state index in [0.29, 0.717) is 12.5 Å². The van der Waals surface area contributed by atoms with Gasteiger partial charge in [-0.1, -0.05) is 0 Å². The zero-order valence-corrected chi connectivity index (χ0v) is 11.9. The molecule has 110 valence electrons. The van der Waals surface area contributed by atoms with Crippen LogP contribution in [0.3, 0.4) is 0 Å². The molecule has 1 aliphatic heterocycles. The van der Waals surface area contributed by atoms with E-state index in [1.54, 1.807) is 24.8 Å². The number of carbonyl (C=O) groups excluding carboxylic acids is 1. The molecule has 1 fully saturated rings. The van der Waals surface area contributed by atoms with Crippen molar-refractivity contribution in [1.82, 2.24) is 25.3 Å². The van der Waals surface area contributed by atoms with E-state index in [-0.39, 0.29) is 5.91 Å². The Morgan fingerprint density at radius 2 is 2.33 bits per heavy atom. The predicted molar refractivity (Wildman–Crippen MR) is 77.7 cm³/mol. The highest BCUT2D eigenvalue weighted by atomic mass is 16.1. The molecule has 0 spiro atoms. The van der Waals surface area contributed by atoms with Crippen LogP contribution < -0.4 is 10.2 Å². The molecule has 2 N–H and O–H groups in total. The standard InChI is InChI=1S/C14H18N6O/c1-10(21)17-6-12-7-18-14(19-12)11-2-5-20(9-11)13-8-15-3-4-16-13/h3-4,7-8,11H,2,5-6,9H2,1H3,(H,17,21)(H,18,19). The van der Waals surface area contributed by atoms with Crippen molar-refractivity contribution >= 4 is 11.7 Å². The molecular formula is C14H18N6O. The number of nitrogens with one attached hydrogen (secondary N) is 2. The average Bonchev–Trinajstić information content (AvgIpc) is 3.15. The molecule has 1 amide bonds. The molecule has 1 atom stereocenters. The minimum Gasteiger partial charge on any atom is -0.355 e. The Kier molecular flexibility index (Phi) is 3.81. The quantitative estimate of drug-likeness (QED) is 0.869.